The predicted octanol–water partition coefficient (Wildman–Crippen LogP) is 6.67. The van der Waals surface area contributed by atoms with Crippen LogP contribution >= 0.6 is 12.6 Å². The number of nitrogens with one attached hydrogen (secondary N) is 1. The van der Waals surface area contributed by atoms with Crippen molar-refractivity contribution in [3.8, 4) is 0 Å². The van der Waals surface area contributed by atoms with Gasteiger partial charge in [0.25, 0.3) is 0 Å². The smallest absolute Gasteiger partial charge is 0.227 e. The van der Waals surface area contributed by atoms with Gasteiger partial charge >= 0.3 is 0 Å². The maximum atomic E-state index is 13.3. The molecule has 2 atom stereocenters. The molecule has 1 aromatic heterocycles. The third-order valence-corrected chi connectivity index (χ3v) is 6.22. The zero-order valence-electron chi connectivity index (χ0n) is 18.1. The minimum Gasteiger partial charge on any atom is -0.325 e. The highest BCUT2D eigenvalue weighted by Gasteiger charge is 2.27. The molecule has 0 aliphatic rings. The molecule has 0 fully saturated rings. The number of amides is 1. The van der Waals surface area contributed by atoms with E-state index in [0.29, 0.717) is 5.92 Å². The number of hydrogen-bond acceptors (Lipinski definition) is 4. The molecule has 0 saturated carbocycles. The van der Waals surface area contributed by atoms with Crippen LogP contribution in [0.1, 0.15) is 78.1 Å². The Kier molecular flexibility index (Phi) is 11.1. The van der Waals surface area contributed by atoms with Crippen LogP contribution in [-0.2, 0) is 4.79 Å². The molecule has 1 heterocycles. The quantitative estimate of drug-likeness (QED) is 0.267. The van der Waals surface area contributed by atoms with Gasteiger partial charge in [0.1, 0.15) is 0 Å². The van der Waals surface area contributed by atoms with Crippen molar-refractivity contribution in [1.82, 2.24) is 10.2 Å². The molecule has 5 heteroatoms. The van der Waals surface area contributed by atoms with Crippen molar-refractivity contribution in [2.75, 3.05) is 11.1 Å². The van der Waals surface area contributed by atoms with E-state index in [1.165, 1.54) is 32.1 Å². The van der Waals surface area contributed by atoms with E-state index in [2.05, 4.69) is 42.0 Å². The third-order valence-electron chi connectivity index (χ3n) is 5.75. The fourth-order valence-electron chi connectivity index (χ4n) is 3.96. The molecule has 2 unspecified atom stereocenters. The Hall–Kier alpha value is -1.62. The van der Waals surface area contributed by atoms with Gasteiger partial charge in [0.15, 0.2) is 0 Å². The van der Waals surface area contributed by atoms with Crippen molar-refractivity contribution in [2.45, 2.75) is 78.1 Å². The molecule has 0 radical (unpaired) electrons. The number of fused-ring (bicyclic) bond motifs is 1. The molecule has 0 aliphatic heterocycles. The summed E-state index contributed by atoms with van der Waals surface area (Å²) in [4.78, 5) is 13.3. The van der Waals surface area contributed by atoms with E-state index in [4.69, 9.17) is 0 Å². The van der Waals surface area contributed by atoms with Gasteiger partial charge in [0.05, 0.1) is 17.4 Å². The zero-order valence-corrected chi connectivity index (χ0v) is 19.0. The first kappa shape index (κ1) is 23.7. The largest absolute Gasteiger partial charge is 0.325 e. The summed E-state index contributed by atoms with van der Waals surface area (Å²) in [5, 5.41) is 12.2. The summed E-state index contributed by atoms with van der Waals surface area (Å²) in [5.41, 5.74) is 1.62. The van der Waals surface area contributed by atoms with Crippen LogP contribution in [0.15, 0.2) is 30.5 Å². The Morgan fingerprint density at radius 2 is 1.76 bits per heavy atom. The maximum Gasteiger partial charge on any atom is 0.227 e. The molecule has 2 aromatic rings. The summed E-state index contributed by atoms with van der Waals surface area (Å²) >= 11 is 4.60. The highest BCUT2D eigenvalue weighted by atomic mass is 32.1. The lowest BCUT2D eigenvalue weighted by Gasteiger charge is -2.25. The van der Waals surface area contributed by atoms with E-state index >= 15 is 0 Å². The average Bonchev–Trinajstić information content (AvgIpc) is 2.75. The predicted molar refractivity (Wildman–Crippen MR) is 127 cm³/mol. The van der Waals surface area contributed by atoms with E-state index in [1.54, 1.807) is 6.20 Å². The number of carbonyl (C=O) groups excluding carboxylic acids is 1. The van der Waals surface area contributed by atoms with Gasteiger partial charge in [-0.1, -0.05) is 71.3 Å². The van der Waals surface area contributed by atoms with Crippen LogP contribution in [0.2, 0.25) is 0 Å². The lowest BCUT2D eigenvalue weighted by Crippen LogP contribution is -2.30. The summed E-state index contributed by atoms with van der Waals surface area (Å²) in [5.74, 6) is 1.21. The number of unbranched alkanes of at least 4 members (excludes halogenated alkanes) is 6. The molecule has 1 amide bonds. The summed E-state index contributed by atoms with van der Waals surface area (Å²) in [6.45, 7) is 4.44. The summed E-state index contributed by atoms with van der Waals surface area (Å²) < 4.78 is 0. The lowest BCUT2D eigenvalue weighted by atomic mass is 9.84. The number of hydrogen-bond donors (Lipinski definition) is 2. The van der Waals surface area contributed by atoms with Crippen molar-refractivity contribution in [3.05, 3.63) is 30.5 Å². The van der Waals surface area contributed by atoms with Crippen LogP contribution in [0.25, 0.3) is 10.9 Å². The molecule has 0 spiro atoms. The summed E-state index contributed by atoms with van der Waals surface area (Å²) in [6.07, 6.45) is 13.4. The topological polar surface area (TPSA) is 54.9 Å². The van der Waals surface area contributed by atoms with E-state index in [-0.39, 0.29) is 11.8 Å². The van der Waals surface area contributed by atoms with Crippen LogP contribution in [0.4, 0.5) is 5.69 Å². The maximum absolute atomic E-state index is 13.3. The monoisotopic (exact) mass is 415 g/mol. The second kappa shape index (κ2) is 13.6. The summed E-state index contributed by atoms with van der Waals surface area (Å²) in [7, 11) is 0. The number of rotatable bonds is 14. The van der Waals surface area contributed by atoms with Gasteiger partial charge in [-0.05, 0) is 42.7 Å². The Bertz CT molecular complexity index is 732. The first-order chi connectivity index (χ1) is 14.2. The second-order valence-electron chi connectivity index (χ2n) is 8.01. The van der Waals surface area contributed by atoms with E-state index in [9.17, 15) is 4.79 Å². The van der Waals surface area contributed by atoms with Crippen LogP contribution in [0.3, 0.4) is 0 Å². The molecule has 29 heavy (non-hydrogen) atoms. The number of nitrogens with zero attached hydrogens (tertiary/aromatic N) is 2. The molecule has 0 bridgehead atoms. The van der Waals surface area contributed by atoms with Crippen LogP contribution in [0, 0.1) is 11.8 Å². The fraction of sp³-hybridized carbons (Fsp3) is 0.625. The van der Waals surface area contributed by atoms with Crippen LogP contribution in [-0.4, -0.2) is 21.9 Å². The molecule has 1 aromatic carbocycles. The van der Waals surface area contributed by atoms with Gasteiger partial charge < -0.3 is 5.32 Å². The SMILES string of the molecule is CCCCCCCCC(C(=O)Nc1cccc2nnccc12)C(CS)CCCC. The van der Waals surface area contributed by atoms with Gasteiger partial charge in [-0.2, -0.15) is 22.8 Å². The fourth-order valence-corrected chi connectivity index (χ4v) is 4.40. The molecular formula is C24H37N3OS. The number of thiol groups is 1. The van der Waals surface area contributed by atoms with Crippen LogP contribution in [0.5, 0.6) is 0 Å². The van der Waals surface area contributed by atoms with Gasteiger partial charge in [0.2, 0.25) is 5.91 Å². The molecule has 2 rings (SSSR count). The van der Waals surface area contributed by atoms with Gasteiger partial charge in [-0.15, -0.1) is 0 Å². The van der Waals surface area contributed by atoms with Crippen LogP contribution < -0.4 is 5.32 Å². The summed E-state index contributed by atoms with van der Waals surface area (Å²) in [6, 6.07) is 7.70. The van der Waals surface area contributed by atoms with Gasteiger partial charge in [0, 0.05) is 11.3 Å². The van der Waals surface area contributed by atoms with E-state index < -0.39 is 0 Å². The molecule has 1 N–H and O–H groups in total. The van der Waals surface area contributed by atoms with Crippen molar-refractivity contribution in [3.63, 3.8) is 0 Å². The number of benzene rings is 1. The zero-order chi connectivity index (χ0) is 20.9. The Labute approximate surface area is 181 Å². The van der Waals surface area contributed by atoms with Gasteiger partial charge in [-0.25, -0.2) is 0 Å². The first-order valence-corrected chi connectivity index (χ1v) is 12.0. The molecule has 4 nitrogen and oxygen atoms in total. The number of aromatic nitrogens is 2. The van der Waals surface area contributed by atoms with E-state index in [1.807, 2.05) is 24.3 Å². The van der Waals surface area contributed by atoms with Crippen molar-refractivity contribution in [1.29, 1.82) is 0 Å². The first-order valence-electron chi connectivity index (χ1n) is 11.3. The highest BCUT2D eigenvalue weighted by molar-refractivity contribution is 7.80. The average molecular weight is 416 g/mol. The minimum atomic E-state index is 0.00952. The Morgan fingerprint density at radius 3 is 2.52 bits per heavy atom. The van der Waals surface area contributed by atoms with Crippen molar-refractivity contribution >= 4 is 35.1 Å². The highest BCUT2D eigenvalue weighted by Crippen LogP contribution is 2.29. The standard InChI is InChI=1S/C24H37N3OS/c1-3-5-7-8-9-10-13-20(19(18-29)12-6-4-2)24(28)26-22-14-11-15-23-21(22)16-17-25-27-23/h11,14-17,19-20,29H,3-10,12-13,18H2,1-2H3,(H,26,28). The number of anilines is 1. The Morgan fingerprint density at radius 1 is 1.00 bits per heavy atom. The van der Waals surface area contributed by atoms with E-state index in [0.717, 1.165) is 54.4 Å². The molecular weight excluding hydrogens is 378 g/mol. The molecule has 0 aliphatic carbocycles. The van der Waals surface area contributed by atoms with Crippen molar-refractivity contribution < 1.29 is 4.79 Å². The lowest BCUT2D eigenvalue weighted by molar-refractivity contribution is -0.121. The van der Waals surface area contributed by atoms with Gasteiger partial charge in [-0.3, -0.25) is 4.79 Å². The third kappa shape index (κ3) is 7.61. The number of carbonyl (C=O) groups is 1. The molecule has 160 valence electrons. The molecule has 0 saturated heterocycles. The normalized spacial score (nSPS) is 13.3. The van der Waals surface area contributed by atoms with Crippen molar-refractivity contribution in [2.24, 2.45) is 11.8 Å². The minimum absolute atomic E-state index is 0.00952. The Balaban J connectivity index is 2.07. The second-order valence-corrected chi connectivity index (χ2v) is 8.37.